The predicted molar refractivity (Wildman–Crippen MR) is 122 cm³/mol. The molecule has 0 aromatic carbocycles. The zero-order valence-electron chi connectivity index (χ0n) is 19.5. The van der Waals surface area contributed by atoms with E-state index >= 15 is 0 Å². The number of nitrogens with zero attached hydrogens (tertiary/aromatic N) is 3. The summed E-state index contributed by atoms with van der Waals surface area (Å²) in [7, 11) is 1.26. The molecule has 1 atom stereocenters. The first-order chi connectivity index (χ1) is 16.3. The van der Waals surface area contributed by atoms with Gasteiger partial charge in [0.15, 0.2) is 0 Å². The fourth-order valence-corrected chi connectivity index (χ4v) is 4.62. The first-order valence-electron chi connectivity index (χ1n) is 11.1. The van der Waals surface area contributed by atoms with E-state index < -0.39 is 23.7 Å². The number of aromatic nitrogens is 2. The molecule has 1 amide bonds. The summed E-state index contributed by atoms with van der Waals surface area (Å²) in [4.78, 5) is 49.1. The molecule has 2 fully saturated rings. The van der Waals surface area contributed by atoms with Gasteiger partial charge < -0.3 is 24.5 Å². The van der Waals surface area contributed by atoms with E-state index in [0.29, 0.717) is 48.7 Å². The third-order valence-electron chi connectivity index (χ3n) is 6.39. The number of likely N-dealkylation sites (tertiary alicyclic amines) is 1. The van der Waals surface area contributed by atoms with Crippen LogP contribution in [0.1, 0.15) is 38.9 Å². The van der Waals surface area contributed by atoms with Crippen molar-refractivity contribution in [1.29, 1.82) is 0 Å². The SMILES string of the molecule is COC(=O)c1[nH]c(C)c(/C(O)=C2\C(=O)C(=O)N(CCN3CCOCC3)[C@H]2c2ccncc2)c1C. The minimum Gasteiger partial charge on any atom is -0.507 e. The van der Waals surface area contributed by atoms with Gasteiger partial charge in [-0.05, 0) is 37.1 Å². The van der Waals surface area contributed by atoms with Crippen LogP contribution in [0.4, 0.5) is 0 Å². The van der Waals surface area contributed by atoms with Gasteiger partial charge in [-0.1, -0.05) is 0 Å². The third-order valence-corrected chi connectivity index (χ3v) is 6.39. The van der Waals surface area contributed by atoms with Crippen LogP contribution in [0.25, 0.3) is 5.76 Å². The Morgan fingerprint density at radius 3 is 2.53 bits per heavy atom. The van der Waals surface area contributed by atoms with Crippen LogP contribution in [0, 0.1) is 13.8 Å². The molecule has 2 aliphatic heterocycles. The number of ether oxygens (including phenoxy) is 2. The lowest BCUT2D eigenvalue weighted by atomic mass is 9.94. The fourth-order valence-electron chi connectivity index (χ4n) is 4.62. The predicted octanol–water partition coefficient (Wildman–Crippen LogP) is 1.57. The lowest BCUT2D eigenvalue weighted by molar-refractivity contribution is -0.140. The van der Waals surface area contributed by atoms with E-state index in [1.54, 1.807) is 38.4 Å². The molecule has 180 valence electrons. The van der Waals surface area contributed by atoms with Gasteiger partial charge in [0.1, 0.15) is 11.5 Å². The number of amides is 1. The molecule has 0 saturated carbocycles. The summed E-state index contributed by atoms with van der Waals surface area (Å²) in [6.07, 6.45) is 3.17. The maximum Gasteiger partial charge on any atom is 0.354 e. The number of nitrogens with one attached hydrogen (secondary N) is 1. The monoisotopic (exact) mass is 468 g/mol. The molecule has 0 unspecified atom stereocenters. The second kappa shape index (κ2) is 9.78. The molecule has 2 aromatic rings. The standard InChI is InChI=1S/C24H28N4O6/c1-14-17(15(2)26-19(14)24(32)33-3)21(29)18-20(16-4-6-25-7-5-16)28(23(31)22(18)30)9-8-27-10-12-34-13-11-27/h4-7,20,26,29H,8-13H2,1-3H3/b21-18+/t20-/m0/s1. The van der Waals surface area contributed by atoms with Gasteiger partial charge in [-0.2, -0.15) is 0 Å². The van der Waals surface area contributed by atoms with E-state index in [1.807, 2.05) is 0 Å². The van der Waals surface area contributed by atoms with Crippen molar-refractivity contribution < 1.29 is 29.0 Å². The highest BCUT2D eigenvalue weighted by Gasteiger charge is 2.46. The van der Waals surface area contributed by atoms with Gasteiger partial charge in [-0.3, -0.25) is 19.5 Å². The first-order valence-corrected chi connectivity index (χ1v) is 11.1. The van der Waals surface area contributed by atoms with E-state index in [-0.39, 0.29) is 17.0 Å². The number of morpholine rings is 1. The summed E-state index contributed by atoms with van der Waals surface area (Å²) in [5.74, 6) is -2.34. The van der Waals surface area contributed by atoms with Crippen LogP contribution in [0.3, 0.4) is 0 Å². The summed E-state index contributed by atoms with van der Waals surface area (Å²) < 4.78 is 10.2. The number of esters is 1. The van der Waals surface area contributed by atoms with Gasteiger partial charge in [-0.15, -0.1) is 0 Å². The molecule has 34 heavy (non-hydrogen) atoms. The third kappa shape index (κ3) is 4.22. The average Bonchev–Trinajstić information content (AvgIpc) is 3.30. The van der Waals surface area contributed by atoms with Gasteiger partial charge in [-0.25, -0.2) is 4.79 Å². The number of aliphatic hydroxyl groups excluding tert-OH is 1. The number of pyridine rings is 1. The van der Waals surface area contributed by atoms with Crippen molar-refractivity contribution in [3.05, 3.63) is 58.2 Å². The second-order valence-electron chi connectivity index (χ2n) is 8.34. The van der Waals surface area contributed by atoms with E-state index in [1.165, 1.54) is 12.0 Å². The molecule has 0 radical (unpaired) electrons. The van der Waals surface area contributed by atoms with Crippen molar-refractivity contribution in [2.24, 2.45) is 0 Å². The number of carbonyl (C=O) groups excluding carboxylic acids is 3. The lowest BCUT2D eigenvalue weighted by Crippen LogP contribution is -2.42. The summed E-state index contributed by atoms with van der Waals surface area (Å²) in [5.41, 5.74) is 2.07. The molecular weight excluding hydrogens is 440 g/mol. The van der Waals surface area contributed by atoms with Gasteiger partial charge in [0, 0.05) is 49.8 Å². The summed E-state index contributed by atoms with van der Waals surface area (Å²) >= 11 is 0. The number of rotatable bonds is 6. The molecule has 10 nitrogen and oxygen atoms in total. The van der Waals surface area contributed by atoms with Gasteiger partial charge in [0.05, 0.1) is 31.9 Å². The van der Waals surface area contributed by atoms with Gasteiger partial charge in [0.2, 0.25) is 0 Å². The van der Waals surface area contributed by atoms with E-state index in [9.17, 15) is 19.5 Å². The number of hydrogen-bond donors (Lipinski definition) is 2. The number of aromatic amines is 1. The van der Waals surface area contributed by atoms with Crippen LogP contribution in [0.2, 0.25) is 0 Å². The highest BCUT2D eigenvalue weighted by atomic mass is 16.5. The zero-order valence-corrected chi connectivity index (χ0v) is 19.5. The maximum atomic E-state index is 13.2. The Bertz CT molecular complexity index is 1130. The number of aliphatic hydroxyl groups is 1. The van der Waals surface area contributed by atoms with Crippen molar-refractivity contribution in [3.8, 4) is 0 Å². The molecular formula is C24H28N4O6. The van der Waals surface area contributed by atoms with Crippen molar-refractivity contribution in [2.75, 3.05) is 46.5 Å². The molecule has 0 bridgehead atoms. The average molecular weight is 469 g/mol. The molecule has 0 spiro atoms. The highest BCUT2D eigenvalue weighted by Crippen LogP contribution is 2.40. The van der Waals surface area contributed by atoms with Crippen molar-refractivity contribution in [1.82, 2.24) is 19.8 Å². The number of carbonyl (C=O) groups is 3. The summed E-state index contributed by atoms with van der Waals surface area (Å²) in [6.45, 7) is 6.98. The van der Waals surface area contributed by atoms with Gasteiger partial charge >= 0.3 is 5.97 Å². The fraction of sp³-hybridized carbons (Fsp3) is 0.417. The minimum atomic E-state index is -0.778. The van der Waals surface area contributed by atoms with E-state index in [4.69, 9.17) is 9.47 Å². The molecule has 4 heterocycles. The molecule has 2 saturated heterocycles. The van der Waals surface area contributed by atoms with Crippen molar-refractivity contribution >= 4 is 23.4 Å². The Labute approximate surface area is 197 Å². The van der Waals surface area contributed by atoms with Crippen LogP contribution in [0.5, 0.6) is 0 Å². The summed E-state index contributed by atoms with van der Waals surface area (Å²) in [6, 6.07) is 2.67. The normalized spacial score (nSPS) is 20.7. The van der Waals surface area contributed by atoms with Crippen LogP contribution >= 0.6 is 0 Å². The Kier molecular flexibility index (Phi) is 6.80. The topological polar surface area (TPSA) is 125 Å². The molecule has 4 rings (SSSR count). The number of hydrogen-bond acceptors (Lipinski definition) is 8. The molecule has 2 aliphatic rings. The summed E-state index contributed by atoms with van der Waals surface area (Å²) in [5, 5.41) is 11.4. The maximum absolute atomic E-state index is 13.2. The number of ketones is 1. The zero-order chi connectivity index (χ0) is 24.4. The smallest absolute Gasteiger partial charge is 0.354 e. The van der Waals surface area contributed by atoms with Crippen LogP contribution in [0.15, 0.2) is 30.1 Å². The number of aryl methyl sites for hydroxylation is 1. The largest absolute Gasteiger partial charge is 0.507 e. The Morgan fingerprint density at radius 2 is 1.88 bits per heavy atom. The van der Waals surface area contributed by atoms with Gasteiger partial charge in [0.25, 0.3) is 11.7 Å². The second-order valence-corrected chi connectivity index (χ2v) is 8.34. The molecule has 0 aliphatic carbocycles. The van der Waals surface area contributed by atoms with Crippen molar-refractivity contribution in [3.63, 3.8) is 0 Å². The quantitative estimate of drug-likeness (QED) is 0.283. The molecule has 2 aromatic heterocycles. The lowest BCUT2D eigenvalue weighted by Gasteiger charge is -2.31. The van der Waals surface area contributed by atoms with Crippen LogP contribution < -0.4 is 0 Å². The number of Topliss-reactive ketones (excluding diaryl/α,β-unsaturated/α-hetero) is 1. The minimum absolute atomic E-state index is 0.0141. The number of H-pyrrole nitrogens is 1. The van der Waals surface area contributed by atoms with E-state index in [0.717, 1.165) is 13.1 Å². The van der Waals surface area contributed by atoms with Crippen LogP contribution in [-0.4, -0.2) is 89.0 Å². The Hall–Kier alpha value is -3.50. The molecule has 10 heteroatoms. The first kappa shape index (κ1) is 23.7. The van der Waals surface area contributed by atoms with Crippen LogP contribution in [-0.2, 0) is 19.1 Å². The van der Waals surface area contributed by atoms with Crippen molar-refractivity contribution in [2.45, 2.75) is 19.9 Å². The van der Waals surface area contributed by atoms with E-state index in [2.05, 4.69) is 14.9 Å². The number of methoxy groups -OCH3 is 1. The molecule has 2 N–H and O–H groups in total. The highest BCUT2D eigenvalue weighted by molar-refractivity contribution is 6.46. The Balaban J connectivity index is 1.78. The Morgan fingerprint density at radius 1 is 1.21 bits per heavy atom.